The van der Waals surface area contributed by atoms with E-state index in [0.29, 0.717) is 23.8 Å². The molecule has 1 heterocycles. The predicted octanol–water partition coefficient (Wildman–Crippen LogP) is 5.79. The highest BCUT2D eigenvalue weighted by Gasteiger charge is 2.12. The van der Waals surface area contributed by atoms with Crippen molar-refractivity contribution < 1.29 is 9.90 Å². The lowest BCUT2D eigenvalue weighted by Gasteiger charge is -2.09. The van der Waals surface area contributed by atoms with Crippen LogP contribution in [0.5, 0.6) is 0 Å². The summed E-state index contributed by atoms with van der Waals surface area (Å²) in [6.07, 6.45) is 4.80. The smallest absolute Gasteiger partial charge is 0.335 e. The Morgan fingerprint density at radius 3 is 2.22 bits per heavy atom. The van der Waals surface area contributed by atoms with Crippen LogP contribution in [0.3, 0.4) is 0 Å². The second-order valence-electron chi connectivity index (χ2n) is 9.47. The van der Waals surface area contributed by atoms with E-state index in [1.54, 1.807) is 18.2 Å². The highest BCUT2D eigenvalue weighted by molar-refractivity contribution is 5.87. The molecular weight excluding hydrogens is 398 g/mol. The van der Waals surface area contributed by atoms with Gasteiger partial charge >= 0.3 is 5.97 Å². The Hall–Kier alpha value is -2.95. The minimum Gasteiger partial charge on any atom is -0.478 e. The van der Waals surface area contributed by atoms with Gasteiger partial charge in [0.15, 0.2) is 5.82 Å². The molecule has 170 valence electrons. The number of carbonyl (C=O) groups is 1. The lowest BCUT2D eigenvalue weighted by Crippen LogP contribution is -2.08. The average molecular weight is 434 g/mol. The van der Waals surface area contributed by atoms with Crippen LogP contribution in [-0.4, -0.2) is 25.8 Å². The lowest BCUT2D eigenvalue weighted by molar-refractivity contribution is 0.0696. The molecule has 3 rings (SSSR count). The Bertz CT molecular complexity index is 1020. The fourth-order valence-electron chi connectivity index (χ4n) is 3.66. The summed E-state index contributed by atoms with van der Waals surface area (Å²) in [5.74, 6) is 2.42. The number of aromatic carboxylic acids is 1. The number of hydrogen-bond donors (Lipinski definition) is 1. The van der Waals surface area contributed by atoms with Crippen molar-refractivity contribution in [3.05, 3.63) is 82.4 Å². The summed E-state index contributed by atoms with van der Waals surface area (Å²) in [5, 5.41) is 14.0. The first-order valence-corrected chi connectivity index (χ1v) is 11.6. The van der Waals surface area contributed by atoms with E-state index in [-0.39, 0.29) is 0 Å². The maximum atomic E-state index is 11.2. The monoisotopic (exact) mass is 433 g/mol. The normalized spacial score (nSPS) is 11.4. The summed E-state index contributed by atoms with van der Waals surface area (Å²) < 4.78 is 2.07. The summed E-state index contributed by atoms with van der Waals surface area (Å²) in [6.45, 7) is 9.67. The van der Waals surface area contributed by atoms with Gasteiger partial charge in [-0.3, -0.25) is 0 Å². The van der Waals surface area contributed by atoms with Crippen LogP contribution in [0.15, 0.2) is 48.5 Å². The van der Waals surface area contributed by atoms with E-state index in [2.05, 4.69) is 56.6 Å². The van der Waals surface area contributed by atoms with Gasteiger partial charge in [-0.2, -0.15) is 5.10 Å². The van der Waals surface area contributed by atoms with E-state index in [4.69, 9.17) is 10.1 Å². The molecule has 0 unspecified atom stereocenters. The van der Waals surface area contributed by atoms with Crippen molar-refractivity contribution >= 4 is 5.97 Å². The maximum absolute atomic E-state index is 11.2. The van der Waals surface area contributed by atoms with Crippen molar-refractivity contribution in [2.24, 2.45) is 11.8 Å². The number of aryl methyl sites for hydroxylation is 2. The molecule has 0 bridgehead atoms. The average Bonchev–Trinajstić information content (AvgIpc) is 3.14. The second-order valence-corrected chi connectivity index (χ2v) is 9.47. The van der Waals surface area contributed by atoms with Gasteiger partial charge in [0.1, 0.15) is 5.82 Å². The van der Waals surface area contributed by atoms with Crippen molar-refractivity contribution in [2.45, 2.75) is 66.3 Å². The summed E-state index contributed by atoms with van der Waals surface area (Å²) in [4.78, 5) is 16.0. The first-order chi connectivity index (χ1) is 15.3. The molecule has 5 heteroatoms. The molecule has 5 nitrogen and oxygen atoms in total. The molecule has 0 radical (unpaired) electrons. The van der Waals surface area contributed by atoms with Crippen LogP contribution >= 0.6 is 0 Å². The van der Waals surface area contributed by atoms with Gasteiger partial charge in [-0.15, -0.1) is 0 Å². The fourth-order valence-corrected chi connectivity index (χ4v) is 3.66. The molecule has 32 heavy (non-hydrogen) atoms. The molecule has 0 atom stereocenters. The topological polar surface area (TPSA) is 68.0 Å². The molecule has 1 N–H and O–H groups in total. The number of rotatable bonds is 11. The largest absolute Gasteiger partial charge is 0.478 e. The quantitative estimate of drug-likeness (QED) is 0.415. The fraction of sp³-hybridized carbons (Fsp3) is 0.444. The zero-order valence-corrected chi connectivity index (χ0v) is 19.7. The van der Waals surface area contributed by atoms with E-state index in [1.165, 1.54) is 5.56 Å². The SMILES string of the molecule is CC(C)CCc1nc(CCC(C)C)n(Cc2ccc(Cc3cccc(C(=O)O)c3)cc2)n1. The number of aromatic nitrogens is 3. The lowest BCUT2D eigenvalue weighted by atomic mass is 10.0. The second kappa shape index (κ2) is 11.1. The standard InChI is InChI=1S/C27H35N3O2/c1-19(2)8-14-25-28-26(15-9-20(3)4)30(29-25)18-22-12-10-21(11-13-22)16-23-6-5-7-24(17-23)27(31)32/h5-7,10-13,17,19-20H,8-9,14-16,18H2,1-4H3,(H,31,32). The third kappa shape index (κ3) is 7.04. The van der Waals surface area contributed by atoms with Crippen LogP contribution in [0.4, 0.5) is 0 Å². The van der Waals surface area contributed by atoms with Crippen LogP contribution in [0, 0.1) is 11.8 Å². The molecule has 0 amide bonds. The van der Waals surface area contributed by atoms with E-state index >= 15 is 0 Å². The van der Waals surface area contributed by atoms with Crippen LogP contribution in [0.1, 0.15) is 79.2 Å². The summed E-state index contributed by atoms with van der Waals surface area (Å²) in [7, 11) is 0. The molecule has 1 aromatic heterocycles. The van der Waals surface area contributed by atoms with Crippen molar-refractivity contribution in [3.8, 4) is 0 Å². The Labute approximate surface area is 191 Å². The highest BCUT2D eigenvalue weighted by Crippen LogP contribution is 2.16. The Kier molecular flexibility index (Phi) is 8.20. The van der Waals surface area contributed by atoms with E-state index in [0.717, 1.165) is 55.0 Å². The number of carboxylic acids is 1. The summed E-state index contributed by atoms with van der Waals surface area (Å²) >= 11 is 0. The van der Waals surface area contributed by atoms with Gasteiger partial charge in [-0.25, -0.2) is 14.5 Å². The zero-order valence-electron chi connectivity index (χ0n) is 19.7. The number of carboxylic acid groups (broad SMARTS) is 1. The van der Waals surface area contributed by atoms with E-state index in [9.17, 15) is 9.90 Å². The molecule has 0 aliphatic heterocycles. The third-order valence-corrected chi connectivity index (χ3v) is 5.62. The minimum atomic E-state index is -0.893. The maximum Gasteiger partial charge on any atom is 0.335 e. The molecule has 0 aliphatic carbocycles. The minimum absolute atomic E-state index is 0.326. The Balaban J connectivity index is 1.70. The molecular formula is C27H35N3O2. The number of hydrogen-bond acceptors (Lipinski definition) is 3. The van der Waals surface area contributed by atoms with Crippen LogP contribution < -0.4 is 0 Å². The first-order valence-electron chi connectivity index (χ1n) is 11.6. The van der Waals surface area contributed by atoms with Crippen LogP contribution in [0.2, 0.25) is 0 Å². The first kappa shape index (κ1) is 23.7. The van der Waals surface area contributed by atoms with Gasteiger partial charge in [-0.1, -0.05) is 64.1 Å². The molecule has 0 aliphatic rings. The van der Waals surface area contributed by atoms with Gasteiger partial charge in [0.05, 0.1) is 12.1 Å². The van der Waals surface area contributed by atoms with Gasteiger partial charge in [0.25, 0.3) is 0 Å². The molecule has 2 aromatic carbocycles. The number of benzene rings is 2. The summed E-state index contributed by atoms with van der Waals surface area (Å²) in [6, 6.07) is 15.6. The molecule has 0 fully saturated rings. The molecule has 3 aromatic rings. The Morgan fingerprint density at radius 2 is 1.56 bits per heavy atom. The third-order valence-electron chi connectivity index (χ3n) is 5.62. The predicted molar refractivity (Wildman–Crippen MR) is 128 cm³/mol. The molecule has 0 spiro atoms. The Morgan fingerprint density at radius 1 is 0.906 bits per heavy atom. The highest BCUT2D eigenvalue weighted by atomic mass is 16.4. The molecule has 0 saturated heterocycles. The van der Waals surface area contributed by atoms with Gasteiger partial charge in [0.2, 0.25) is 0 Å². The van der Waals surface area contributed by atoms with Crippen LogP contribution in [-0.2, 0) is 25.8 Å². The van der Waals surface area contributed by atoms with Crippen molar-refractivity contribution in [1.29, 1.82) is 0 Å². The van der Waals surface area contributed by atoms with Crippen molar-refractivity contribution in [1.82, 2.24) is 14.8 Å². The van der Waals surface area contributed by atoms with E-state index < -0.39 is 5.97 Å². The molecule has 0 saturated carbocycles. The van der Waals surface area contributed by atoms with Crippen LogP contribution in [0.25, 0.3) is 0 Å². The summed E-state index contributed by atoms with van der Waals surface area (Å²) in [5.41, 5.74) is 3.68. The zero-order chi connectivity index (χ0) is 23.1. The van der Waals surface area contributed by atoms with Gasteiger partial charge < -0.3 is 5.11 Å². The van der Waals surface area contributed by atoms with Gasteiger partial charge in [0, 0.05) is 12.8 Å². The van der Waals surface area contributed by atoms with Crippen molar-refractivity contribution in [2.75, 3.05) is 0 Å². The van der Waals surface area contributed by atoms with Crippen molar-refractivity contribution in [3.63, 3.8) is 0 Å². The van der Waals surface area contributed by atoms with Gasteiger partial charge in [-0.05, 0) is 59.9 Å². The number of nitrogens with zero attached hydrogens (tertiary/aromatic N) is 3. The van der Waals surface area contributed by atoms with E-state index in [1.807, 2.05) is 6.07 Å².